The van der Waals surface area contributed by atoms with Crippen LogP contribution in [-0.4, -0.2) is 22.9 Å². The number of hydrogen-bond acceptors (Lipinski definition) is 5. The highest BCUT2D eigenvalue weighted by atomic mass is 16.5. The van der Waals surface area contributed by atoms with Gasteiger partial charge in [0.15, 0.2) is 5.69 Å². The standard InChI is InChI=1S/C21H22N2O3/c1-3-4-12-25-18-10-8-16(9-11-18)20-23-19(21(24)26-20)14-22-17-7-5-6-15(2)13-17/h5-11,13-14,24H,3-4,12H2,1-2H3. The van der Waals surface area contributed by atoms with Crippen molar-refractivity contribution in [1.82, 2.24) is 4.98 Å². The van der Waals surface area contributed by atoms with Crippen molar-refractivity contribution in [2.75, 3.05) is 6.61 Å². The van der Waals surface area contributed by atoms with Crippen LogP contribution in [0.15, 0.2) is 57.9 Å². The number of benzene rings is 2. The third-order valence-electron chi connectivity index (χ3n) is 3.84. The number of aryl methyl sites for hydroxylation is 1. The van der Waals surface area contributed by atoms with Crippen molar-refractivity contribution in [3.63, 3.8) is 0 Å². The van der Waals surface area contributed by atoms with Crippen molar-refractivity contribution in [3.05, 3.63) is 59.8 Å². The fourth-order valence-electron chi connectivity index (χ4n) is 2.40. The molecule has 5 nitrogen and oxygen atoms in total. The van der Waals surface area contributed by atoms with Gasteiger partial charge in [0, 0.05) is 5.56 Å². The Hall–Kier alpha value is -3.08. The van der Waals surface area contributed by atoms with Gasteiger partial charge in [-0.05, 0) is 55.3 Å². The highest BCUT2D eigenvalue weighted by Gasteiger charge is 2.12. The average molecular weight is 350 g/mol. The van der Waals surface area contributed by atoms with Gasteiger partial charge in [-0.15, -0.1) is 0 Å². The Morgan fingerprint density at radius 2 is 2.00 bits per heavy atom. The molecule has 0 aliphatic rings. The van der Waals surface area contributed by atoms with E-state index in [2.05, 4.69) is 16.9 Å². The summed E-state index contributed by atoms with van der Waals surface area (Å²) in [5.41, 5.74) is 2.97. The van der Waals surface area contributed by atoms with E-state index in [0.717, 1.165) is 35.4 Å². The van der Waals surface area contributed by atoms with Gasteiger partial charge in [0.05, 0.1) is 18.5 Å². The minimum atomic E-state index is -0.250. The van der Waals surface area contributed by atoms with Crippen LogP contribution >= 0.6 is 0 Å². The molecule has 3 aromatic rings. The third-order valence-corrected chi connectivity index (χ3v) is 3.84. The first-order valence-electron chi connectivity index (χ1n) is 8.69. The number of unbranched alkanes of at least 4 members (excludes halogenated alkanes) is 1. The van der Waals surface area contributed by atoms with E-state index in [9.17, 15) is 5.11 Å². The van der Waals surface area contributed by atoms with Crippen LogP contribution in [0, 0.1) is 6.92 Å². The van der Waals surface area contributed by atoms with Gasteiger partial charge in [-0.3, -0.25) is 4.99 Å². The zero-order valence-electron chi connectivity index (χ0n) is 15.0. The molecule has 0 bridgehead atoms. The van der Waals surface area contributed by atoms with Gasteiger partial charge in [-0.1, -0.05) is 25.5 Å². The summed E-state index contributed by atoms with van der Waals surface area (Å²) >= 11 is 0. The largest absolute Gasteiger partial charge is 0.494 e. The summed E-state index contributed by atoms with van der Waals surface area (Å²) in [4.78, 5) is 8.65. The summed E-state index contributed by atoms with van der Waals surface area (Å²) in [6.45, 7) is 4.83. The number of oxazole rings is 1. The molecule has 3 rings (SSSR count). The molecule has 0 aliphatic heterocycles. The zero-order chi connectivity index (χ0) is 18.4. The fraction of sp³-hybridized carbons (Fsp3) is 0.238. The highest BCUT2D eigenvalue weighted by molar-refractivity contribution is 5.83. The lowest BCUT2D eigenvalue weighted by molar-refractivity contribution is 0.309. The zero-order valence-corrected chi connectivity index (χ0v) is 15.0. The van der Waals surface area contributed by atoms with Crippen LogP contribution in [0.1, 0.15) is 31.0 Å². The molecule has 2 aromatic carbocycles. The second-order valence-corrected chi connectivity index (χ2v) is 6.03. The second-order valence-electron chi connectivity index (χ2n) is 6.03. The van der Waals surface area contributed by atoms with Gasteiger partial charge < -0.3 is 14.3 Å². The first kappa shape index (κ1) is 17.7. The van der Waals surface area contributed by atoms with Crippen molar-refractivity contribution >= 4 is 11.9 Å². The van der Waals surface area contributed by atoms with Gasteiger partial charge in [0.2, 0.25) is 5.89 Å². The fourth-order valence-corrected chi connectivity index (χ4v) is 2.40. The summed E-state index contributed by atoms with van der Waals surface area (Å²) in [6, 6.07) is 15.2. The molecule has 0 saturated heterocycles. The molecule has 0 atom stereocenters. The summed E-state index contributed by atoms with van der Waals surface area (Å²) in [5.74, 6) is 0.896. The lowest BCUT2D eigenvalue weighted by Crippen LogP contribution is -1.95. The summed E-state index contributed by atoms with van der Waals surface area (Å²) < 4.78 is 11.0. The predicted molar refractivity (Wildman–Crippen MR) is 102 cm³/mol. The number of ether oxygens (including phenoxy) is 1. The minimum absolute atomic E-state index is 0.250. The molecule has 0 fully saturated rings. The monoisotopic (exact) mass is 350 g/mol. The van der Waals surface area contributed by atoms with Gasteiger partial charge in [-0.2, -0.15) is 0 Å². The van der Waals surface area contributed by atoms with Crippen molar-refractivity contribution < 1.29 is 14.3 Å². The molecule has 0 aliphatic carbocycles. The topological polar surface area (TPSA) is 67.9 Å². The molecule has 0 amide bonds. The summed E-state index contributed by atoms with van der Waals surface area (Å²) in [6.07, 6.45) is 3.62. The highest BCUT2D eigenvalue weighted by Crippen LogP contribution is 2.27. The van der Waals surface area contributed by atoms with Crippen molar-refractivity contribution in [2.24, 2.45) is 4.99 Å². The van der Waals surface area contributed by atoms with Gasteiger partial charge in [0.25, 0.3) is 0 Å². The predicted octanol–water partition coefficient (Wildman–Crippen LogP) is 5.29. The molecule has 0 spiro atoms. The molecule has 1 aromatic heterocycles. The maximum absolute atomic E-state index is 9.98. The van der Waals surface area contributed by atoms with E-state index in [0.29, 0.717) is 18.2 Å². The number of aliphatic imine (C=N–C) groups is 1. The van der Waals surface area contributed by atoms with E-state index in [1.807, 2.05) is 55.5 Å². The second kappa shape index (κ2) is 8.34. The Kier molecular flexibility index (Phi) is 5.69. The molecule has 134 valence electrons. The smallest absolute Gasteiger partial charge is 0.312 e. The lowest BCUT2D eigenvalue weighted by Gasteiger charge is -2.05. The quantitative estimate of drug-likeness (QED) is 0.465. The van der Waals surface area contributed by atoms with E-state index < -0.39 is 0 Å². The van der Waals surface area contributed by atoms with Crippen LogP contribution in [0.3, 0.4) is 0 Å². The number of nitrogens with zero attached hydrogens (tertiary/aromatic N) is 2. The maximum Gasteiger partial charge on any atom is 0.312 e. The van der Waals surface area contributed by atoms with Crippen LogP contribution in [0.4, 0.5) is 5.69 Å². The van der Waals surface area contributed by atoms with E-state index in [4.69, 9.17) is 9.15 Å². The van der Waals surface area contributed by atoms with Crippen molar-refractivity contribution in [2.45, 2.75) is 26.7 Å². The molecule has 1 N–H and O–H groups in total. The average Bonchev–Trinajstić information content (AvgIpc) is 3.02. The Morgan fingerprint density at radius 3 is 2.73 bits per heavy atom. The van der Waals surface area contributed by atoms with Crippen molar-refractivity contribution in [1.29, 1.82) is 0 Å². The molecular weight excluding hydrogens is 328 g/mol. The van der Waals surface area contributed by atoms with E-state index in [1.165, 1.54) is 6.21 Å². The molecule has 26 heavy (non-hydrogen) atoms. The number of hydrogen-bond donors (Lipinski definition) is 1. The summed E-state index contributed by atoms with van der Waals surface area (Å²) in [7, 11) is 0. The van der Waals surface area contributed by atoms with Crippen LogP contribution in [-0.2, 0) is 0 Å². The van der Waals surface area contributed by atoms with E-state index >= 15 is 0 Å². The Labute approximate surface area is 153 Å². The maximum atomic E-state index is 9.98. The molecule has 0 radical (unpaired) electrons. The Bertz CT molecular complexity index is 883. The Morgan fingerprint density at radius 1 is 1.19 bits per heavy atom. The molecule has 1 heterocycles. The number of aromatic hydroxyl groups is 1. The SMILES string of the molecule is CCCCOc1ccc(-c2nc(C=Nc3cccc(C)c3)c(O)o2)cc1. The van der Waals surface area contributed by atoms with Gasteiger partial charge in [0.1, 0.15) is 5.75 Å². The van der Waals surface area contributed by atoms with E-state index in [1.54, 1.807) is 0 Å². The van der Waals surface area contributed by atoms with E-state index in [-0.39, 0.29) is 5.95 Å². The normalized spacial score (nSPS) is 11.2. The Balaban J connectivity index is 1.73. The third kappa shape index (κ3) is 4.51. The van der Waals surface area contributed by atoms with Crippen LogP contribution in [0.2, 0.25) is 0 Å². The summed E-state index contributed by atoms with van der Waals surface area (Å²) in [5, 5.41) is 9.98. The van der Waals surface area contributed by atoms with Crippen LogP contribution in [0.5, 0.6) is 11.7 Å². The van der Waals surface area contributed by atoms with Crippen molar-refractivity contribution in [3.8, 4) is 23.1 Å². The van der Waals surface area contributed by atoms with Gasteiger partial charge in [-0.25, -0.2) is 4.98 Å². The van der Waals surface area contributed by atoms with Crippen LogP contribution in [0.25, 0.3) is 11.5 Å². The number of rotatable bonds is 7. The molecule has 5 heteroatoms. The minimum Gasteiger partial charge on any atom is -0.494 e. The first-order valence-corrected chi connectivity index (χ1v) is 8.69. The molecular formula is C21H22N2O3. The molecule has 0 unspecified atom stereocenters. The number of aromatic nitrogens is 1. The molecule has 0 saturated carbocycles. The van der Waals surface area contributed by atoms with Gasteiger partial charge >= 0.3 is 5.95 Å². The first-order chi connectivity index (χ1) is 12.7. The lowest BCUT2D eigenvalue weighted by atomic mass is 10.2. The van der Waals surface area contributed by atoms with Crippen LogP contribution < -0.4 is 4.74 Å².